The number of hydrogen-bond acceptors (Lipinski definition) is 1. The zero-order chi connectivity index (χ0) is 12.2. The van der Waals surface area contributed by atoms with Crippen LogP contribution < -0.4 is 0 Å². The SMILES string of the molecule is c1ccc(C(c2ccccc2)c2ncc[se]2)cc1. The van der Waals surface area contributed by atoms with Crippen LogP contribution in [0.15, 0.2) is 71.8 Å². The van der Waals surface area contributed by atoms with Crippen molar-refractivity contribution in [1.82, 2.24) is 4.98 Å². The van der Waals surface area contributed by atoms with E-state index in [1.165, 1.54) is 15.7 Å². The zero-order valence-electron chi connectivity index (χ0n) is 9.86. The standard InChI is InChI=1S/C16H13NSe/c1-3-7-13(8-4-1)15(16-17-11-12-18-16)14-9-5-2-6-10-14/h1-12,15H. The van der Waals surface area contributed by atoms with Crippen molar-refractivity contribution in [2.75, 3.05) is 0 Å². The van der Waals surface area contributed by atoms with Crippen LogP contribution in [0.3, 0.4) is 0 Å². The molecule has 0 N–H and O–H groups in total. The summed E-state index contributed by atoms with van der Waals surface area (Å²) in [4.78, 5) is 6.73. The normalized spacial score (nSPS) is 10.7. The molecule has 0 aliphatic carbocycles. The Morgan fingerprint density at radius 2 is 1.33 bits per heavy atom. The maximum atomic E-state index is 4.55. The van der Waals surface area contributed by atoms with E-state index in [-0.39, 0.29) is 0 Å². The molecule has 1 heterocycles. The predicted molar refractivity (Wildman–Crippen MR) is 75.0 cm³/mol. The van der Waals surface area contributed by atoms with Crippen molar-refractivity contribution >= 4 is 14.5 Å². The van der Waals surface area contributed by atoms with Crippen LogP contribution in [-0.4, -0.2) is 19.5 Å². The molecule has 2 heteroatoms. The van der Waals surface area contributed by atoms with Gasteiger partial charge in [-0.15, -0.1) is 0 Å². The topological polar surface area (TPSA) is 12.9 Å². The Kier molecular flexibility index (Phi) is 3.40. The summed E-state index contributed by atoms with van der Waals surface area (Å²) in [6, 6.07) is 21.3. The van der Waals surface area contributed by atoms with E-state index >= 15 is 0 Å². The van der Waals surface area contributed by atoms with Crippen LogP contribution in [0.25, 0.3) is 0 Å². The van der Waals surface area contributed by atoms with Gasteiger partial charge in [-0.3, -0.25) is 0 Å². The van der Waals surface area contributed by atoms with Gasteiger partial charge in [-0.25, -0.2) is 0 Å². The zero-order valence-corrected chi connectivity index (χ0v) is 11.6. The second-order valence-electron chi connectivity index (χ2n) is 4.12. The maximum absolute atomic E-state index is 4.55. The Morgan fingerprint density at radius 1 is 0.778 bits per heavy atom. The second-order valence-corrected chi connectivity index (χ2v) is 6.07. The van der Waals surface area contributed by atoms with E-state index < -0.39 is 0 Å². The molecule has 0 unspecified atom stereocenters. The Morgan fingerprint density at radius 3 is 1.78 bits per heavy atom. The first kappa shape index (κ1) is 11.5. The summed E-state index contributed by atoms with van der Waals surface area (Å²) in [5.74, 6) is 0.308. The molecule has 18 heavy (non-hydrogen) atoms. The first-order valence-corrected chi connectivity index (χ1v) is 7.79. The molecule has 0 bridgehead atoms. The molecule has 0 spiro atoms. The fraction of sp³-hybridized carbons (Fsp3) is 0.0625. The molecule has 88 valence electrons. The quantitative estimate of drug-likeness (QED) is 0.676. The number of rotatable bonds is 3. The molecular formula is C16H13NSe. The third kappa shape index (κ3) is 2.31. The monoisotopic (exact) mass is 299 g/mol. The van der Waals surface area contributed by atoms with Gasteiger partial charge in [0.2, 0.25) is 0 Å². The van der Waals surface area contributed by atoms with E-state index in [1.807, 2.05) is 6.20 Å². The number of hydrogen-bond donors (Lipinski definition) is 0. The van der Waals surface area contributed by atoms with E-state index in [0.717, 1.165) is 0 Å². The molecule has 3 rings (SSSR count). The summed E-state index contributed by atoms with van der Waals surface area (Å²) in [6.45, 7) is 0. The third-order valence-electron chi connectivity index (χ3n) is 2.96. The Balaban J connectivity index is 2.11. The molecule has 1 nitrogen and oxygen atoms in total. The molecule has 3 aromatic rings. The number of aromatic nitrogens is 1. The predicted octanol–water partition coefficient (Wildman–Crippen LogP) is 3.32. The van der Waals surface area contributed by atoms with Gasteiger partial charge >= 0.3 is 113 Å². The van der Waals surface area contributed by atoms with E-state index in [2.05, 4.69) is 70.6 Å². The molecule has 0 atom stereocenters. The van der Waals surface area contributed by atoms with Crippen molar-refractivity contribution in [1.29, 1.82) is 0 Å². The van der Waals surface area contributed by atoms with Gasteiger partial charge in [-0.2, -0.15) is 0 Å². The minimum atomic E-state index is 0.308. The van der Waals surface area contributed by atoms with Gasteiger partial charge in [0.25, 0.3) is 0 Å². The van der Waals surface area contributed by atoms with Gasteiger partial charge in [-0.05, 0) is 0 Å². The van der Waals surface area contributed by atoms with Gasteiger partial charge in [0.05, 0.1) is 0 Å². The van der Waals surface area contributed by atoms with E-state index in [4.69, 9.17) is 0 Å². The molecule has 0 fully saturated rings. The van der Waals surface area contributed by atoms with Gasteiger partial charge in [0, 0.05) is 0 Å². The van der Waals surface area contributed by atoms with Gasteiger partial charge < -0.3 is 0 Å². The number of nitrogens with zero attached hydrogens (tertiary/aromatic N) is 1. The summed E-state index contributed by atoms with van der Waals surface area (Å²) in [7, 11) is 0. The summed E-state index contributed by atoms with van der Waals surface area (Å²) >= 11 is 0.385. The van der Waals surface area contributed by atoms with Gasteiger partial charge in [-0.1, -0.05) is 0 Å². The van der Waals surface area contributed by atoms with E-state index in [0.29, 0.717) is 20.4 Å². The van der Waals surface area contributed by atoms with Crippen molar-refractivity contribution in [2.24, 2.45) is 0 Å². The van der Waals surface area contributed by atoms with E-state index in [1.54, 1.807) is 0 Å². The molecular weight excluding hydrogens is 285 g/mol. The minimum absolute atomic E-state index is 0.308. The summed E-state index contributed by atoms with van der Waals surface area (Å²) in [6.07, 6.45) is 1.94. The van der Waals surface area contributed by atoms with Crippen LogP contribution in [0.4, 0.5) is 0 Å². The molecule has 1 aromatic heterocycles. The molecule has 0 amide bonds. The van der Waals surface area contributed by atoms with Crippen LogP contribution in [0, 0.1) is 0 Å². The summed E-state index contributed by atoms with van der Waals surface area (Å²) in [5, 5.41) is 0. The molecule has 2 aromatic carbocycles. The first-order valence-electron chi connectivity index (χ1n) is 5.94. The van der Waals surface area contributed by atoms with Crippen LogP contribution in [0.5, 0.6) is 0 Å². The Labute approximate surface area is 113 Å². The Hall–Kier alpha value is -1.63. The molecule has 0 aliphatic heterocycles. The fourth-order valence-corrected chi connectivity index (χ4v) is 3.81. The first-order chi connectivity index (χ1) is 8.95. The second kappa shape index (κ2) is 5.34. The average Bonchev–Trinajstić information content (AvgIpc) is 2.95. The third-order valence-corrected chi connectivity index (χ3v) is 4.73. The average molecular weight is 298 g/mol. The van der Waals surface area contributed by atoms with Gasteiger partial charge in [0.15, 0.2) is 0 Å². The van der Waals surface area contributed by atoms with Crippen molar-refractivity contribution in [3.05, 3.63) is 87.5 Å². The fourth-order valence-electron chi connectivity index (χ4n) is 2.15. The van der Waals surface area contributed by atoms with E-state index in [9.17, 15) is 0 Å². The van der Waals surface area contributed by atoms with Crippen LogP contribution in [0.2, 0.25) is 0 Å². The Bertz CT molecular complexity index is 548. The van der Waals surface area contributed by atoms with Crippen molar-refractivity contribution in [3.63, 3.8) is 0 Å². The molecule has 0 saturated carbocycles. The van der Waals surface area contributed by atoms with Gasteiger partial charge in [0.1, 0.15) is 0 Å². The summed E-state index contributed by atoms with van der Waals surface area (Å²) < 4.78 is 1.29. The molecule has 0 saturated heterocycles. The van der Waals surface area contributed by atoms with Crippen LogP contribution in [0.1, 0.15) is 21.6 Å². The van der Waals surface area contributed by atoms with Crippen LogP contribution in [-0.2, 0) is 0 Å². The van der Waals surface area contributed by atoms with Crippen molar-refractivity contribution in [2.45, 2.75) is 5.92 Å². The molecule has 0 aliphatic rings. The number of benzene rings is 2. The van der Waals surface area contributed by atoms with Crippen molar-refractivity contribution in [3.8, 4) is 0 Å². The van der Waals surface area contributed by atoms with Crippen LogP contribution >= 0.6 is 0 Å². The molecule has 0 radical (unpaired) electrons. The van der Waals surface area contributed by atoms with Crippen molar-refractivity contribution < 1.29 is 0 Å². The summed E-state index contributed by atoms with van der Waals surface area (Å²) in [5.41, 5.74) is 2.65.